The first-order chi connectivity index (χ1) is 11.7. The van der Waals surface area contributed by atoms with Crippen molar-refractivity contribution in [1.29, 1.82) is 0 Å². The molecule has 0 bridgehead atoms. The molecule has 0 aliphatic carbocycles. The number of ether oxygens (including phenoxy) is 2. The van der Waals surface area contributed by atoms with E-state index < -0.39 is 9.84 Å². The Hall–Kier alpha value is -1.73. The van der Waals surface area contributed by atoms with Gasteiger partial charge in [-0.25, -0.2) is 8.42 Å². The van der Waals surface area contributed by atoms with Crippen molar-refractivity contribution >= 4 is 33.4 Å². The monoisotopic (exact) mass is 387 g/mol. The highest BCUT2D eigenvalue weighted by Crippen LogP contribution is 2.37. The predicted octanol–water partition coefficient (Wildman–Crippen LogP) is 2.45. The number of rotatable bonds is 6. The summed E-state index contributed by atoms with van der Waals surface area (Å²) < 4.78 is 33.7. The third kappa shape index (κ3) is 5.64. The highest BCUT2D eigenvalue weighted by Gasteiger charge is 2.28. The second-order valence-corrected chi connectivity index (χ2v) is 8.78. The molecule has 1 amide bonds. The van der Waals surface area contributed by atoms with Crippen molar-refractivity contribution in [2.24, 2.45) is 0 Å². The van der Waals surface area contributed by atoms with E-state index >= 15 is 0 Å². The molecule has 138 valence electrons. The number of sulfone groups is 1. The van der Waals surface area contributed by atoms with Crippen LogP contribution in [0.5, 0.6) is 11.5 Å². The van der Waals surface area contributed by atoms with Gasteiger partial charge in [0.15, 0.2) is 21.3 Å². The standard InChI is InChI=1S/C17H22ClNO5S/c1-11(2)24-17-14(18)8-12(9-15(17)23-3)4-5-16(20)19-13-6-7-25(21,22)10-13/h4-5,8-9,11,13H,6-7,10H2,1-3H3,(H,19,20)/b5-4+. The summed E-state index contributed by atoms with van der Waals surface area (Å²) in [4.78, 5) is 12.0. The van der Waals surface area contributed by atoms with Crippen molar-refractivity contribution < 1.29 is 22.7 Å². The predicted molar refractivity (Wildman–Crippen MR) is 98.0 cm³/mol. The number of amides is 1. The van der Waals surface area contributed by atoms with Crippen LogP contribution in [0.2, 0.25) is 5.02 Å². The molecule has 1 fully saturated rings. The molecular weight excluding hydrogens is 366 g/mol. The Bertz CT molecular complexity index is 773. The fraction of sp³-hybridized carbons (Fsp3) is 0.471. The molecule has 1 heterocycles. The molecule has 0 radical (unpaired) electrons. The van der Waals surface area contributed by atoms with Gasteiger partial charge < -0.3 is 14.8 Å². The molecule has 1 unspecified atom stereocenters. The summed E-state index contributed by atoms with van der Waals surface area (Å²) in [6, 6.07) is 3.06. The number of methoxy groups -OCH3 is 1. The number of benzene rings is 1. The number of carbonyl (C=O) groups is 1. The van der Waals surface area contributed by atoms with E-state index in [0.29, 0.717) is 28.5 Å². The molecule has 1 aliphatic heterocycles. The van der Waals surface area contributed by atoms with Crippen LogP contribution in [0.25, 0.3) is 6.08 Å². The topological polar surface area (TPSA) is 81.7 Å². The van der Waals surface area contributed by atoms with E-state index in [0.717, 1.165) is 0 Å². The van der Waals surface area contributed by atoms with Gasteiger partial charge in [-0.3, -0.25) is 4.79 Å². The van der Waals surface area contributed by atoms with E-state index in [9.17, 15) is 13.2 Å². The van der Waals surface area contributed by atoms with Crippen LogP contribution in [0.4, 0.5) is 0 Å². The van der Waals surface area contributed by atoms with Gasteiger partial charge in [-0.1, -0.05) is 11.6 Å². The molecule has 1 aromatic carbocycles. The zero-order valence-corrected chi connectivity index (χ0v) is 16.0. The van der Waals surface area contributed by atoms with Crippen molar-refractivity contribution in [3.05, 3.63) is 28.8 Å². The fourth-order valence-corrected chi connectivity index (χ4v) is 4.45. The molecule has 8 heteroatoms. The molecule has 1 atom stereocenters. The third-order valence-corrected chi connectivity index (χ3v) is 5.66. The Balaban J connectivity index is 2.07. The summed E-state index contributed by atoms with van der Waals surface area (Å²) in [5.41, 5.74) is 0.673. The summed E-state index contributed by atoms with van der Waals surface area (Å²) in [5.74, 6) is 0.693. The molecule has 2 rings (SSSR count). The highest BCUT2D eigenvalue weighted by atomic mass is 35.5. The van der Waals surface area contributed by atoms with E-state index in [1.165, 1.54) is 13.2 Å². The molecule has 1 saturated heterocycles. The van der Waals surface area contributed by atoms with Crippen LogP contribution in [0, 0.1) is 0 Å². The van der Waals surface area contributed by atoms with Crippen LogP contribution < -0.4 is 14.8 Å². The summed E-state index contributed by atoms with van der Waals surface area (Å²) in [5, 5.41) is 3.08. The molecule has 1 N–H and O–H groups in total. The second-order valence-electron chi connectivity index (χ2n) is 6.14. The average Bonchev–Trinajstić information content (AvgIpc) is 2.85. The number of hydrogen-bond acceptors (Lipinski definition) is 5. The fourth-order valence-electron chi connectivity index (χ4n) is 2.52. The van der Waals surface area contributed by atoms with Gasteiger partial charge in [0.25, 0.3) is 0 Å². The van der Waals surface area contributed by atoms with Crippen LogP contribution in [0.3, 0.4) is 0 Å². The highest BCUT2D eigenvalue weighted by molar-refractivity contribution is 7.91. The molecule has 0 spiro atoms. The number of halogens is 1. The van der Waals surface area contributed by atoms with Crippen LogP contribution in [0.15, 0.2) is 18.2 Å². The van der Waals surface area contributed by atoms with Gasteiger partial charge in [0, 0.05) is 12.1 Å². The Morgan fingerprint density at radius 1 is 1.40 bits per heavy atom. The summed E-state index contributed by atoms with van der Waals surface area (Å²) in [6.07, 6.45) is 3.33. The van der Waals surface area contributed by atoms with Gasteiger partial charge in [-0.2, -0.15) is 0 Å². The summed E-state index contributed by atoms with van der Waals surface area (Å²) in [6.45, 7) is 3.77. The van der Waals surface area contributed by atoms with Crippen molar-refractivity contribution in [1.82, 2.24) is 5.32 Å². The van der Waals surface area contributed by atoms with E-state index in [-0.39, 0.29) is 29.6 Å². The lowest BCUT2D eigenvalue weighted by atomic mass is 10.1. The SMILES string of the molecule is COc1cc(/C=C/C(=O)NC2CCS(=O)(=O)C2)cc(Cl)c1OC(C)C. The Morgan fingerprint density at radius 3 is 2.68 bits per heavy atom. The Morgan fingerprint density at radius 2 is 2.12 bits per heavy atom. The normalized spacial score (nSPS) is 19.3. The van der Waals surface area contributed by atoms with Gasteiger partial charge in [-0.15, -0.1) is 0 Å². The third-order valence-electron chi connectivity index (χ3n) is 3.61. The van der Waals surface area contributed by atoms with Crippen LogP contribution >= 0.6 is 11.6 Å². The average molecular weight is 388 g/mol. The molecule has 6 nitrogen and oxygen atoms in total. The first-order valence-corrected chi connectivity index (χ1v) is 10.1. The van der Waals surface area contributed by atoms with E-state index in [4.69, 9.17) is 21.1 Å². The van der Waals surface area contributed by atoms with Crippen molar-refractivity contribution in [2.75, 3.05) is 18.6 Å². The van der Waals surface area contributed by atoms with Crippen molar-refractivity contribution in [2.45, 2.75) is 32.4 Å². The molecule has 0 aromatic heterocycles. The minimum Gasteiger partial charge on any atom is -0.493 e. The van der Waals surface area contributed by atoms with Crippen LogP contribution in [-0.4, -0.2) is 45.1 Å². The van der Waals surface area contributed by atoms with E-state index in [1.54, 1.807) is 18.2 Å². The summed E-state index contributed by atoms with van der Waals surface area (Å²) >= 11 is 6.24. The van der Waals surface area contributed by atoms with E-state index in [2.05, 4.69) is 5.32 Å². The zero-order valence-electron chi connectivity index (χ0n) is 14.4. The van der Waals surface area contributed by atoms with Crippen molar-refractivity contribution in [3.8, 4) is 11.5 Å². The molecule has 0 saturated carbocycles. The maximum Gasteiger partial charge on any atom is 0.244 e. The van der Waals surface area contributed by atoms with Crippen molar-refractivity contribution in [3.63, 3.8) is 0 Å². The lowest BCUT2D eigenvalue weighted by molar-refractivity contribution is -0.116. The first-order valence-electron chi connectivity index (χ1n) is 7.93. The van der Waals surface area contributed by atoms with Gasteiger partial charge in [0.1, 0.15) is 0 Å². The molecule has 1 aromatic rings. The quantitative estimate of drug-likeness (QED) is 0.758. The van der Waals surface area contributed by atoms with Gasteiger partial charge in [0.2, 0.25) is 5.91 Å². The van der Waals surface area contributed by atoms with Gasteiger partial charge >= 0.3 is 0 Å². The number of nitrogens with one attached hydrogen (secondary N) is 1. The Kier molecular flexibility index (Phi) is 6.35. The lowest BCUT2D eigenvalue weighted by Gasteiger charge is -2.15. The largest absolute Gasteiger partial charge is 0.493 e. The van der Waals surface area contributed by atoms with Gasteiger partial charge in [0.05, 0.1) is 29.7 Å². The van der Waals surface area contributed by atoms with Gasteiger partial charge in [-0.05, 0) is 44.0 Å². The van der Waals surface area contributed by atoms with Crippen LogP contribution in [-0.2, 0) is 14.6 Å². The van der Waals surface area contributed by atoms with E-state index in [1.807, 2.05) is 13.8 Å². The molecule has 25 heavy (non-hydrogen) atoms. The zero-order chi connectivity index (χ0) is 18.6. The number of carbonyl (C=O) groups excluding carboxylic acids is 1. The smallest absolute Gasteiger partial charge is 0.244 e. The number of hydrogen-bond donors (Lipinski definition) is 1. The van der Waals surface area contributed by atoms with Crippen LogP contribution in [0.1, 0.15) is 25.8 Å². The second kappa shape index (κ2) is 8.10. The first kappa shape index (κ1) is 19.6. The lowest BCUT2D eigenvalue weighted by Crippen LogP contribution is -2.34. The maximum atomic E-state index is 12.0. The maximum absolute atomic E-state index is 12.0. The molecule has 1 aliphatic rings. The summed E-state index contributed by atoms with van der Waals surface area (Å²) in [7, 11) is -1.51. The Labute approximate surface area is 153 Å². The minimum absolute atomic E-state index is 0.00648. The molecular formula is C17H22ClNO5S. The minimum atomic E-state index is -3.02.